The van der Waals surface area contributed by atoms with Crippen LogP contribution in [0.3, 0.4) is 0 Å². The summed E-state index contributed by atoms with van der Waals surface area (Å²) < 4.78 is 1.78. The number of aromatic nitrogens is 5. The van der Waals surface area contributed by atoms with Crippen molar-refractivity contribution in [2.24, 2.45) is 5.73 Å². The van der Waals surface area contributed by atoms with E-state index < -0.39 is 5.91 Å². The van der Waals surface area contributed by atoms with Gasteiger partial charge in [0.2, 0.25) is 5.91 Å². The average molecular weight is 394 g/mol. The maximum Gasteiger partial charge on any atom is 0.248 e. The molecule has 2 N–H and O–H groups in total. The van der Waals surface area contributed by atoms with E-state index in [0.29, 0.717) is 17.8 Å². The summed E-state index contributed by atoms with van der Waals surface area (Å²) in [4.78, 5) is 20.8. The van der Waals surface area contributed by atoms with E-state index in [1.54, 1.807) is 16.9 Å². The minimum Gasteiger partial charge on any atom is -0.366 e. The molecule has 5 rings (SSSR count). The number of rotatable bonds is 4. The summed E-state index contributed by atoms with van der Waals surface area (Å²) in [6.45, 7) is 2.38. The van der Waals surface area contributed by atoms with Crippen molar-refractivity contribution >= 4 is 28.0 Å². The van der Waals surface area contributed by atoms with Gasteiger partial charge in [-0.3, -0.25) is 9.78 Å². The van der Waals surface area contributed by atoms with Gasteiger partial charge in [0.05, 0.1) is 17.8 Å². The lowest BCUT2D eigenvalue weighted by atomic mass is 10.0. The second kappa shape index (κ2) is 7.04. The predicted octanol–water partition coefficient (Wildman–Crippen LogP) is 3.50. The molecule has 30 heavy (non-hydrogen) atoms. The first-order valence-corrected chi connectivity index (χ1v) is 9.54. The van der Waals surface area contributed by atoms with Crippen LogP contribution in [-0.4, -0.2) is 30.9 Å². The van der Waals surface area contributed by atoms with Gasteiger partial charge in [-0.2, -0.15) is 0 Å². The molecule has 3 aromatic heterocycles. The third-order valence-electron chi connectivity index (χ3n) is 5.18. The lowest BCUT2D eigenvalue weighted by Gasteiger charge is -2.08. The molecule has 0 spiro atoms. The van der Waals surface area contributed by atoms with Crippen LogP contribution in [0, 0.1) is 6.92 Å². The van der Waals surface area contributed by atoms with E-state index in [1.807, 2.05) is 61.5 Å². The molecule has 5 aromatic rings. The lowest BCUT2D eigenvalue weighted by molar-refractivity contribution is 0.0999. The minimum absolute atomic E-state index is 0.437. The Morgan fingerprint density at radius 1 is 1.07 bits per heavy atom. The Morgan fingerprint density at radius 2 is 1.93 bits per heavy atom. The Kier molecular flexibility index (Phi) is 4.21. The van der Waals surface area contributed by atoms with E-state index in [0.717, 1.165) is 38.8 Å². The number of hydrogen-bond donors (Lipinski definition) is 1. The number of carbonyl (C=O) groups is 1. The van der Waals surface area contributed by atoms with Crippen LogP contribution in [0.25, 0.3) is 33.3 Å². The summed E-state index contributed by atoms with van der Waals surface area (Å²) in [7, 11) is 0. The summed E-state index contributed by atoms with van der Waals surface area (Å²) >= 11 is 0. The molecule has 0 atom stereocenters. The molecule has 0 aliphatic heterocycles. The molecule has 0 radical (unpaired) electrons. The van der Waals surface area contributed by atoms with Crippen molar-refractivity contribution in [2.45, 2.75) is 13.5 Å². The van der Waals surface area contributed by atoms with E-state index in [-0.39, 0.29) is 0 Å². The fraction of sp³-hybridized carbons (Fsp3) is 0.0870. The van der Waals surface area contributed by atoms with Gasteiger partial charge >= 0.3 is 0 Å². The van der Waals surface area contributed by atoms with Gasteiger partial charge in [0.1, 0.15) is 5.52 Å². The van der Waals surface area contributed by atoms with Crippen LogP contribution in [-0.2, 0) is 6.54 Å². The molecule has 146 valence electrons. The summed E-state index contributed by atoms with van der Waals surface area (Å²) in [5, 5.41) is 9.64. The van der Waals surface area contributed by atoms with Crippen molar-refractivity contribution < 1.29 is 4.79 Å². The van der Waals surface area contributed by atoms with E-state index in [1.165, 1.54) is 0 Å². The normalized spacial score (nSPS) is 11.2. The number of aryl methyl sites for hydroxylation is 1. The van der Waals surface area contributed by atoms with Crippen LogP contribution < -0.4 is 5.73 Å². The fourth-order valence-electron chi connectivity index (χ4n) is 3.68. The molecular formula is C23H18N6O. The van der Waals surface area contributed by atoms with Gasteiger partial charge < -0.3 is 5.73 Å². The van der Waals surface area contributed by atoms with Gasteiger partial charge in [-0.25, -0.2) is 9.67 Å². The van der Waals surface area contributed by atoms with Gasteiger partial charge in [0.15, 0.2) is 5.65 Å². The zero-order valence-electron chi connectivity index (χ0n) is 16.3. The maximum atomic E-state index is 11.5. The summed E-state index contributed by atoms with van der Waals surface area (Å²) in [5.41, 5.74) is 11.8. The van der Waals surface area contributed by atoms with Gasteiger partial charge in [0.25, 0.3) is 0 Å². The molecule has 7 nitrogen and oxygen atoms in total. The number of fused-ring (bicyclic) bond motifs is 2. The number of hydrogen-bond acceptors (Lipinski definition) is 5. The largest absolute Gasteiger partial charge is 0.366 e. The lowest BCUT2D eigenvalue weighted by Crippen LogP contribution is -2.12. The Labute approximate surface area is 172 Å². The summed E-state index contributed by atoms with van der Waals surface area (Å²) in [5.74, 6) is -0.437. The molecule has 0 bridgehead atoms. The van der Waals surface area contributed by atoms with Crippen molar-refractivity contribution in [1.29, 1.82) is 0 Å². The summed E-state index contributed by atoms with van der Waals surface area (Å²) in [6.07, 6.45) is 1.79. The van der Waals surface area contributed by atoms with E-state index in [9.17, 15) is 4.79 Å². The standard InChI is InChI=1S/C23H18N6O/c1-14-12-16(7-8-18(14)22(24)30)19-9-10-20-23(26-19)29(28-27-20)13-17-5-2-4-15-6-3-11-25-21(15)17/h2-12H,13H2,1H3,(H2,24,30). The second-order valence-electron chi connectivity index (χ2n) is 7.17. The molecular weight excluding hydrogens is 376 g/mol. The number of nitrogens with zero attached hydrogens (tertiary/aromatic N) is 5. The first-order chi connectivity index (χ1) is 14.6. The fourth-order valence-corrected chi connectivity index (χ4v) is 3.68. The first kappa shape index (κ1) is 17.9. The van der Waals surface area contributed by atoms with Gasteiger partial charge in [-0.1, -0.05) is 35.5 Å². The zero-order valence-corrected chi connectivity index (χ0v) is 16.3. The highest BCUT2D eigenvalue weighted by atomic mass is 16.1. The maximum absolute atomic E-state index is 11.5. The van der Waals surface area contributed by atoms with Gasteiger partial charge in [-0.05, 0) is 48.4 Å². The zero-order chi connectivity index (χ0) is 20.7. The molecule has 0 unspecified atom stereocenters. The van der Waals surface area contributed by atoms with Crippen molar-refractivity contribution in [2.75, 3.05) is 0 Å². The molecule has 2 aromatic carbocycles. The van der Waals surface area contributed by atoms with Crippen LogP contribution >= 0.6 is 0 Å². The third kappa shape index (κ3) is 3.06. The number of pyridine rings is 2. The first-order valence-electron chi connectivity index (χ1n) is 9.54. The second-order valence-corrected chi connectivity index (χ2v) is 7.17. The van der Waals surface area contributed by atoms with Crippen LogP contribution in [0.4, 0.5) is 0 Å². The number of nitrogens with two attached hydrogens (primary N) is 1. The van der Waals surface area contributed by atoms with Crippen molar-refractivity contribution in [1.82, 2.24) is 25.0 Å². The average Bonchev–Trinajstić information content (AvgIpc) is 3.16. The smallest absolute Gasteiger partial charge is 0.248 e. The van der Waals surface area contributed by atoms with E-state index in [4.69, 9.17) is 10.7 Å². The number of carbonyl (C=O) groups excluding carboxylic acids is 1. The van der Waals surface area contributed by atoms with Crippen LogP contribution in [0.5, 0.6) is 0 Å². The van der Waals surface area contributed by atoms with Gasteiger partial charge in [0, 0.05) is 22.7 Å². The number of para-hydroxylation sites is 1. The Balaban J connectivity index is 1.57. The molecule has 0 saturated carbocycles. The van der Waals surface area contributed by atoms with Crippen LogP contribution in [0.1, 0.15) is 21.5 Å². The van der Waals surface area contributed by atoms with Crippen molar-refractivity contribution in [3.05, 3.63) is 83.6 Å². The van der Waals surface area contributed by atoms with E-state index in [2.05, 4.69) is 15.3 Å². The molecule has 0 aliphatic rings. The monoisotopic (exact) mass is 394 g/mol. The van der Waals surface area contributed by atoms with E-state index >= 15 is 0 Å². The van der Waals surface area contributed by atoms with Crippen LogP contribution in [0.15, 0.2) is 66.9 Å². The number of amides is 1. The Hall–Kier alpha value is -4.13. The summed E-state index contributed by atoms with van der Waals surface area (Å²) in [6, 6.07) is 19.4. The topological polar surface area (TPSA) is 99.6 Å². The van der Waals surface area contributed by atoms with Crippen LogP contribution in [0.2, 0.25) is 0 Å². The number of benzene rings is 2. The Bertz CT molecular complexity index is 1420. The van der Waals surface area contributed by atoms with Gasteiger partial charge in [-0.15, -0.1) is 5.10 Å². The number of primary amides is 1. The SMILES string of the molecule is Cc1cc(-c2ccc3nnn(Cc4cccc5cccnc45)c3n2)ccc1C(N)=O. The quantitative estimate of drug-likeness (QED) is 0.503. The third-order valence-corrected chi connectivity index (χ3v) is 5.18. The highest BCUT2D eigenvalue weighted by Crippen LogP contribution is 2.24. The minimum atomic E-state index is -0.437. The molecule has 1 amide bonds. The molecule has 7 heteroatoms. The molecule has 0 aliphatic carbocycles. The molecule has 0 fully saturated rings. The molecule has 3 heterocycles. The highest BCUT2D eigenvalue weighted by molar-refractivity contribution is 5.95. The van der Waals surface area contributed by atoms with Crippen molar-refractivity contribution in [3.63, 3.8) is 0 Å². The van der Waals surface area contributed by atoms with Crippen molar-refractivity contribution in [3.8, 4) is 11.3 Å². The predicted molar refractivity (Wildman–Crippen MR) is 115 cm³/mol. The molecule has 0 saturated heterocycles. The Morgan fingerprint density at radius 3 is 2.77 bits per heavy atom. The highest BCUT2D eigenvalue weighted by Gasteiger charge is 2.12.